The van der Waals surface area contributed by atoms with Gasteiger partial charge in [0.25, 0.3) is 0 Å². The van der Waals surface area contributed by atoms with Gasteiger partial charge in [0.2, 0.25) is 5.91 Å². The molecule has 4 N–H and O–H groups in total. The maximum Gasteiger partial charge on any atom is 0.222 e. The number of nitrogens with two attached hydrogens (primary N) is 1. The van der Waals surface area contributed by atoms with Gasteiger partial charge in [-0.15, -0.1) is 24.0 Å². The van der Waals surface area contributed by atoms with Crippen LogP contribution in [0.1, 0.15) is 32.3 Å². The molecule has 1 unspecified atom stereocenters. The fourth-order valence-corrected chi connectivity index (χ4v) is 3.13. The second-order valence-electron chi connectivity index (χ2n) is 6.49. The van der Waals surface area contributed by atoms with E-state index in [-0.39, 0.29) is 35.8 Å². The van der Waals surface area contributed by atoms with Crippen LogP contribution in [0.25, 0.3) is 0 Å². The first-order chi connectivity index (χ1) is 13.2. The van der Waals surface area contributed by atoms with Crippen molar-refractivity contribution in [3.63, 3.8) is 0 Å². The summed E-state index contributed by atoms with van der Waals surface area (Å²) >= 11 is 0. The van der Waals surface area contributed by atoms with Crippen LogP contribution in [0.3, 0.4) is 0 Å². The monoisotopic (exact) mass is 504 g/mol. The number of aliphatic imine (C=N–C) groups is 1. The molecule has 9 heteroatoms. The molecule has 1 aromatic heterocycles. The fourth-order valence-electron chi connectivity index (χ4n) is 3.13. The number of anilines is 1. The van der Waals surface area contributed by atoms with Crippen LogP contribution >= 0.6 is 24.0 Å². The van der Waals surface area contributed by atoms with E-state index >= 15 is 0 Å². The number of piperidine rings is 1. The van der Waals surface area contributed by atoms with E-state index in [9.17, 15) is 4.79 Å². The van der Waals surface area contributed by atoms with Crippen LogP contribution in [0.4, 0.5) is 5.82 Å². The molecular weight excluding hydrogens is 471 g/mol. The van der Waals surface area contributed by atoms with Crippen LogP contribution in [-0.4, -0.2) is 56.2 Å². The summed E-state index contributed by atoms with van der Waals surface area (Å²) in [6, 6.07) is 3.95. The number of hydrogen-bond acceptors (Lipinski definition) is 5. The number of primary amides is 1. The highest BCUT2D eigenvalue weighted by Crippen LogP contribution is 2.24. The predicted molar refractivity (Wildman–Crippen MR) is 123 cm³/mol. The van der Waals surface area contributed by atoms with Gasteiger partial charge in [0.1, 0.15) is 5.82 Å². The van der Waals surface area contributed by atoms with Gasteiger partial charge in [0, 0.05) is 44.5 Å². The third-order valence-electron chi connectivity index (χ3n) is 4.49. The minimum Gasteiger partial charge on any atom is -0.380 e. The molecule has 1 atom stereocenters. The van der Waals surface area contributed by atoms with Gasteiger partial charge < -0.3 is 26.0 Å². The Hall–Kier alpha value is -1.62. The summed E-state index contributed by atoms with van der Waals surface area (Å²) in [6.45, 7) is 8.85. The summed E-state index contributed by atoms with van der Waals surface area (Å²) < 4.78 is 5.35. The molecule has 1 fully saturated rings. The van der Waals surface area contributed by atoms with Crippen molar-refractivity contribution in [1.29, 1.82) is 0 Å². The summed E-state index contributed by atoms with van der Waals surface area (Å²) in [6.07, 6.45) is 3.57. The summed E-state index contributed by atoms with van der Waals surface area (Å²) in [5.41, 5.74) is 6.54. The number of halogens is 1. The lowest BCUT2D eigenvalue weighted by Gasteiger charge is -2.33. The first-order valence-electron chi connectivity index (χ1n) is 9.73. The van der Waals surface area contributed by atoms with Crippen molar-refractivity contribution in [3.05, 3.63) is 23.9 Å². The van der Waals surface area contributed by atoms with Crippen LogP contribution in [-0.2, 0) is 16.1 Å². The Balaban J connectivity index is 0.00000392. The van der Waals surface area contributed by atoms with Crippen LogP contribution in [0.5, 0.6) is 0 Å². The zero-order valence-electron chi connectivity index (χ0n) is 16.8. The number of nitrogens with zero attached hydrogens (tertiary/aromatic N) is 3. The van der Waals surface area contributed by atoms with Crippen LogP contribution in [0.2, 0.25) is 0 Å². The zero-order valence-corrected chi connectivity index (χ0v) is 19.1. The van der Waals surface area contributed by atoms with Gasteiger partial charge in [0.15, 0.2) is 5.96 Å². The van der Waals surface area contributed by atoms with E-state index in [1.165, 1.54) is 0 Å². The van der Waals surface area contributed by atoms with Crippen molar-refractivity contribution >= 4 is 41.7 Å². The molecule has 0 saturated carbocycles. The van der Waals surface area contributed by atoms with Crippen molar-refractivity contribution in [2.24, 2.45) is 16.6 Å². The second-order valence-corrected chi connectivity index (χ2v) is 6.49. The summed E-state index contributed by atoms with van der Waals surface area (Å²) in [7, 11) is 0. The third kappa shape index (κ3) is 7.78. The Morgan fingerprint density at radius 3 is 2.96 bits per heavy atom. The van der Waals surface area contributed by atoms with Crippen molar-refractivity contribution < 1.29 is 9.53 Å². The highest BCUT2D eigenvalue weighted by atomic mass is 127. The molecule has 0 bridgehead atoms. The van der Waals surface area contributed by atoms with Gasteiger partial charge in [-0.2, -0.15) is 0 Å². The summed E-state index contributed by atoms with van der Waals surface area (Å²) in [5.74, 6) is 1.29. The molecule has 2 rings (SSSR count). The number of rotatable bonds is 9. The van der Waals surface area contributed by atoms with E-state index < -0.39 is 0 Å². The number of ether oxygens (including phenoxy) is 1. The number of pyridine rings is 1. The Bertz CT molecular complexity index is 628. The molecule has 0 spiro atoms. The smallest absolute Gasteiger partial charge is 0.222 e. The molecule has 0 aliphatic carbocycles. The number of carbonyl (C=O) groups excluding carboxylic acids is 1. The molecule has 2 heterocycles. The fraction of sp³-hybridized carbons (Fsp3) is 0.632. The SMILES string of the molecule is CCNC(=NCc1cccnc1N1CCCC(C(N)=O)C1)NCCOCC.I. The highest BCUT2D eigenvalue weighted by molar-refractivity contribution is 14.0. The average molecular weight is 504 g/mol. The maximum atomic E-state index is 11.6. The Morgan fingerprint density at radius 1 is 1.43 bits per heavy atom. The Labute approximate surface area is 184 Å². The standard InChI is InChI=1S/C19H32N6O2.HI/c1-3-21-19(23-10-12-27-4-2)24-13-15-7-5-9-22-18(15)25-11-6-8-16(14-25)17(20)26;/h5,7,9,16H,3-4,6,8,10-14H2,1-2H3,(H2,20,26)(H2,21,23,24);1H. The second kappa shape index (κ2) is 13.5. The molecule has 0 aromatic carbocycles. The minimum absolute atomic E-state index is 0. The first kappa shape index (κ1) is 24.4. The molecule has 28 heavy (non-hydrogen) atoms. The number of amides is 1. The van der Waals surface area contributed by atoms with Gasteiger partial charge >= 0.3 is 0 Å². The molecule has 1 amide bonds. The highest BCUT2D eigenvalue weighted by Gasteiger charge is 2.25. The zero-order chi connectivity index (χ0) is 19.5. The van der Waals surface area contributed by atoms with Crippen LogP contribution < -0.4 is 21.3 Å². The molecule has 1 saturated heterocycles. The van der Waals surface area contributed by atoms with Gasteiger partial charge in [-0.05, 0) is 32.8 Å². The van der Waals surface area contributed by atoms with E-state index in [0.717, 1.165) is 43.3 Å². The molecule has 0 radical (unpaired) electrons. The van der Waals surface area contributed by atoms with Crippen LogP contribution in [0.15, 0.2) is 23.3 Å². The summed E-state index contributed by atoms with van der Waals surface area (Å²) in [4.78, 5) is 23.0. The van der Waals surface area contributed by atoms with Crippen molar-refractivity contribution in [2.45, 2.75) is 33.2 Å². The summed E-state index contributed by atoms with van der Waals surface area (Å²) in [5, 5.41) is 6.50. The minimum atomic E-state index is -0.233. The third-order valence-corrected chi connectivity index (χ3v) is 4.49. The maximum absolute atomic E-state index is 11.6. The van der Waals surface area contributed by atoms with E-state index in [1.807, 2.05) is 26.0 Å². The Morgan fingerprint density at radius 2 is 2.25 bits per heavy atom. The van der Waals surface area contributed by atoms with E-state index in [2.05, 4.69) is 25.5 Å². The quantitative estimate of drug-likeness (QED) is 0.204. The Kier molecular flexibility index (Phi) is 11.8. The largest absolute Gasteiger partial charge is 0.380 e. The number of carbonyl (C=O) groups is 1. The number of hydrogen-bond donors (Lipinski definition) is 3. The normalized spacial score (nSPS) is 17.0. The lowest BCUT2D eigenvalue weighted by Crippen LogP contribution is -2.42. The average Bonchev–Trinajstić information content (AvgIpc) is 2.69. The number of guanidine groups is 1. The van der Waals surface area contributed by atoms with Gasteiger partial charge in [-0.3, -0.25) is 4.79 Å². The van der Waals surface area contributed by atoms with E-state index in [4.69, 9.17) is 10.5 Å². The lowest BCUT2D eigenvalue weighted by atomic mass is 9.97. The molecule has 1 aromatic rings. The first-order valence-corrected chi connectivity index (χ1v) is 9.73. The predicted octanol–water partition coefficient (Wildman–Crippen LogP) is 1.49. The molecule has 1 aliphatic rings. The van der Waals surface area contributed by atoms with E-state index in [0.29, 0.717) is 32.8 Å². The molecule has 158 valence electrons. The van der Waals surface area contributed by atoms with E-state index in [1.54, 1.807) is 6.20 Å². The van der Waals surface area contributed by atoms with Crippen molar-refractivity contribution in [2.75, 3.05) is 44.3 Å². The number of aromatic nitrogens is 1. The number of nitrogens with one attached hydrogen (secondary N) is 2. The van der Waals surface area contributed by atoms with Gasteiger partial charge in [-0.25, -0.2) is 9.98 Å². The van der Waals surface area contributed by atoms with Crippen molar-refractivity contribution in [1.82, 2.24) is 15.6 Å². The molecule has 8 nitrogen and oxygen atoms in total. The topological polar surface area (TPSA) is 105 Å². The lowest BCUT2D eigenvalue weighted by molar-refractivity contribution is -0.122. The van der Waals surface area contributed by atoms with Crippen LogP contribution in [0, 0.1) is 5.92 Å². The molecule has 1 aliphatic heterocycles. The van der Waals surface area contributed by atoms with Gasteiger partial charge in [-0.1, -0.05) is 6.07 Å². The van der Waals surface area contributed by atoms with Crippen molar-refractivity contribution in [3.8, 4) is 0 Å². The van der Waals surface area contributed by atoms with Gasteiger partial charge in [0.05, 0.1) is 19.1 Å². The molecular formula is C19H33IN6O2.